The second kappa shape index (κ2) is 10.9. The summed E-state index contributed by atoms with van der Waals surface area (Å²) in [6, 6.07) is 12.5. The fourth-order valence-corrected chi connectivity index (χ4v) is 3.07. The van der Waals surface area contributed by atoms with Gasteiger partial charge in [-0.15, -0.1) is 0 Å². The van der Waals surface area contributed by atoms with Gasteiger partial charge >= 0.3 is 0 Å². The lowest BCUT2D eigenvalue weighted by atomic mass is 10.1. The first-order valence-electron chi connectivity index (χ1n) is 9.84. The molecule has 0 saturated carbocycles. The number of aryl methyl sites for hydroxylation is 2. The van der Waals surface area contributed by atoms with Crippen molar-refractivity contribution in [3.05, 3.63) is 64.2 Å². The summed E-state index contributed by atoms with van der Waals surface area (Å²) in [4.78, 5) is 27.1. The van der Waals surface area contributed by atoms with E-state index in [-0.39, 0.29) is 25.0 Å². The van der Waals surface area contributed by atoms with Crippen molar-refractivity contribution in [3.63, 3.8) is 0 Å². The van der Waals surface area contributed by atoms with Crippen LogP contribution < -0.4 is 10.1 Å². The second-order valence-corrected chi connectivity index (χ2v) is 7.54. The number of carbonyl (C=O) groups is 2. The summed E-state index contributed by atoms with van der Waals surface area (Å²) in [7, 11) is 0. The number of hydrogen-bond acceptors (Lipinski definition) is 3. The topological polar surface area (TPSA) is 58.6 Å². The Labute approximate surface area is 178 Å². The van der Waals surface area contributed by atoms with Crippen LogP contribution in [0.15, 0.2) is 42.5 Å². The summed E-state index contributed by atoms with van der Waals surface area (Å²) in [5.74, 6) is 0.197. The first-order valence-corrected chi connectivity index (χ1v) is 10.2. The molecule has 0 bridgehead atoms. The highest BCUT2D eigenvalue weighted by molar-refractivity contribution is 6.31. The monoisotopic (exact) mass is 416 g/mol. The molecule has 1 atom stereocenters. The molecule has 0 radical (unpaired) electrons. The van der Waals surface area contributed by atoms with Crippen LogP contribution in [0.25, 0.3) is 0 Å². The van der Waals surface area contributed by atoms with Gasteiger partial charge in [0.25, 0.3) is 5.91 Å². The summed E-state index contributed by atoms with van der Waals surface area (Å²) in [5.41, 5.74) is 2.79. The second-order valence-electron chi connectivity index (χ2n) is 7.14. The zero-order valence-corrected chi connectivity index (χ0v) is 18.3. The van der Waals surface area contributed by atoms with Crippen LogP contribution in [0.5, 0.6) is 5.75 Å². The largest absolute Gasteiger partial charge is 0.483 e. The van der Waals surface area contributed by atoms with Crippen LogP contribution in [-0.2, 0) is 16.1 Å². The number of hydrogen-bond donors (Lipinski definition) is 1. The Balaban J connectivity index is 2.18. The smallest absolute Gasteiger partial charge is 0.261 e. The van der Waals surface area contributed by atoms with E-state index in [2.05, 4.69) is 5.32 Å². The molecule has 5 nitrogen and oxygen atoms in total. The van der Waals surface area contributed by atoms with E-state index in [1.807, 2.05) is 57.2 Å². The predicted octanol–water partition coefficient (Wildman–Crippen LogP) is 4.28. The number of benzene rings is 2. The van der Waals surface area contributed by atoms with Crippen molar-refractivity contribution < 1.29 is 14.3 Å². The van der Waals surface area contributed by atoms with Gasteiger partial charge < -0.3 is 15.0 Å². The van der Waals surface area contributed by atoms with E-state index in [0.29, 0.717) is 17.3 Å². The van der Waals surface area contributed by atoms with Crippen molar-refractivity contribution in [2.75, 3.05) is 13.2 Å². The van der Waals surface area contributed by atoms with Gasteiger partial charge in [0, 0.05) is 18.1 Å². The van der Waals surface area contributed by atoms with E-state index in [9.17, 15) is 9.59 Å². The fraction of sp³-hybridized carbons (Fsp3) is 0.391. The molecule has 2 aromatic carbocycles. The number of halogens is 1. The van der Waals surface area contributed by atoms with E-state index in [1.54, 1.807) is 13.0 Å². The summed E-state index contributed by atoms with van der Waals surface area (Å²) in [5, 5.41) is 3.41. The average Bonchev–Trinajstić information content (AvgIpc) is 2.71. The van der Waals surface area contributed by atoms with Gasteiger partial charge in [-0.3, -0.25) is 9.59 Å². The Morgan fingerprint density at radius 3 is 2.59 bits per heavy atom. The van der Waals surface area contributed by atoms with Gasteiger partial charge in [-0.2, -0.15) is 0 Å². The molecule has 0 aliphatic carbocycles. The third kappa shape index (κ3) is 6.50. The number of rotatable bonds is 9. The molecule has 2 aromatic rings. The molecular weight excluding hydrogens is 388 g/mol. The molecule has 0 unspecified atom stereocenters. The van der Waals surface area contributed by atoms with Crippen LogP contribution >= 0.6 is 11.6 Å². The zero-order valence-electron chi connectivity index (χ0n) is 17.5. The number of nitrogens with one attached hydrogen (secondary N) is 1. The molecule has 6 heteroatoms. The first kappa shape index (κ1) is 22.8. The molecular formula is C23H29ClN2O3. The lowest BCUT2D eigenvalue weighted by Crippen LogP contribution is -2.49. The Hall–Kier alpha value is -2.53. The molecule has 0 fully saturated rings. The van der Waals surface area contributed by atoms with Crippen molar-refractivity contribution >= 4 is 23.4 Å². The Kier molecular flexibility index (Phi) is 8.52. The average molecular weight is 417 g/mol. The summed E-state index contributed by atoms with van der Waals surface area (Å²) >= 11 is 6.28. The highest BCUT2D eigenvalue weighted by Crippen LogP contribution is 2.21. The maximum Gasteiger partial charge on any atom is 0.261 e. The van der Waals surface area contributed by atoms with Crippen molar-refractivity contribution in [3.8, 4) is 5.75 Å². The normalized spacial score (nSPS) is 11.6. The lowest BCUT2D eigenvalue weighted by molar-refractivity contribution is -0.142. The maximum absolute atomic E-state index is 13.0. The third-order valence-corrected chi connectivity index (χ3v) is 5.08. The van der Waals surface area contributed by atoms with Gasteiger partial charge in [0.2, 0.25) is 5.91 Å². The quantitative estimate of drug-likeness (QED) is 0.663. The molecule has 0 aliphatic rings. The van der Waals surface area contributed by atoms with Gasteiger partial charge in [-0.05, 0) is 56.0 Å². The predicted molar refractivity (Wildman–Crippen MR) is 116 cm³/mol. The van der Waals surface area contributed by atoms with E-state index in [0.717, 1.165) is 23.1 Å². The van der Waals surface area contributed by atoms with Gasteiger partial charge in [0.1, 0.15) is 11.8 Å². The molecule has 156 valence electrons. The standard InChI is InChI=1S/C23H29ClN2O3/c1-5-12-25-23(28)18(4)26(14-19-8-6-7-9-20(19)24)22(27)15-29-21-13-16(2)10-11-17(21)3/h6-11,13,18H,5,12,14-15H2,1-4H3,(H,25,28)/t18-/m0/s1. The molecule has 0 spiro atoms. The van der Waals surface area contributed by atoms with Crippen LogP contribution in [0.3, 0.4) is 0 Å². The van der Waals surface area contributed by atoms with E-state index < -0.39 is 6.04 Å². The van der Waals surface area contributed by atoms with Crippen molar-refractivity contribution in [2.45, 2.75) is 46.7 Å². The number of ether oxygens (including phenoxy) is 1. The van der Waals surface area contributed by atoms with E-state index in [4.69, 9.17) is 16.3 Å². The maximum atomic E-state index is 13.0. The van der Waals surface area contributed by atoms with Crippen LogP contribution in [0.1, 0.15) is 37.0 Å². The minimum absolute atomic E-state index is 0.153. The highest BCUT2D eigenvalue weighted by Gasteiger charge is 2.27. The van der Waals surface area contributed by atoms with Gasteiger partial charge in [0.05, 0.1) is 0 Å². The fourth-order valence-electron chi connectivity index (χ4n) is 2.87. The third-order valence-electron chi connectivity index (χ3n) is 4.71. The molecule has 2 rings (SSSR count). The molecule has 29 heavy (non-hydrogen) atoms. The molecule has 1 N–H and O–H groups in total. The number of amides is 2. The summed E-state index contributed by atoms with van der Waals surface area (Å²) < 4.78 is 5.78. The molecule has 0 saturated heterocycles. The van der Waals surface area contributed by atoms with Gasteiger partial charge in [-0.25, -0.2) is 0 Å². The van der Waals surface area contributed by atoms with Crippen molar-refractivity contribution in [1.82, 2.24) is 10.2 Å². The van der Waals surface area contributed by atoms with Crippen LogP contribution in [-0.4, -0.2) is 35.9 Å². The minimum atomic E-state index is -0.646. The molecule has 0 aliphatic heterocycles. The number of nitrogens with zero attached hydrogens (tertiary/aromatic N) is 1. The highest BCUT2D eigenvalue weighted by atomic mass is 35.5. The van der Waals surface area contributed by atoms with Crippen molar-refractivity contribution in [2.24, 2.45) is 0 Å². The van der Waals surface area contributed by atoms with E-state index >= 15 is 0 Å². The Bertz CT molecular complexity index is 854. The Morgan fingerprint density at radius 2 is 1.90 bits per heavy atom. The van der Waals surface area contributed by atoms with Crippen molar-refractivity contribution in [1.29, 1.82) is 0 Å². The first-order chi connectivity index (χ1) is 13.8. The molecule has 0 heterocycles. The Morgan fingerprint density at radius 1 is 1.17 bits per heavy atom. The summed E-state index contributed by atoms with van der Waals surface area (Å²) in [6.07, 6.45) is 0.826. The van der Waals surface area contributed by atoms with Crippen LogP contribution in [0.2, 0.25) is 5.02 Å². The van der Waals surface area contributed by atoms with Gasteiger partial charge in [-0.1, -0.05) is 48.9 Å². The van der Waals surface area contributed by atoms with E-state index in [1.165, 1.54) is 4.90 Å². The number of carbonyl (C=O) groups excluding carboxylic acids is 2. The minimum Gasteiger partial charge on any atom is -0.483 e. The van der Waals surface area contributed by atoms with Crippen LogP contribution in [0.4, 0.5) is 0 Å². The molecule has 0 aromatic heterocycles. The zero-order chi connectivity index (χ0) is 21.4. The van der Waals surface area contributed by atoms with Gasteiger partial charge in [0.15, 0.2) is 6.61 Å². The molecule has 2 amide bonds. The lowest BCUT2D eigenvalue weighted by Gasteiger charge is -2.29. The summed E-state index contributed by atoms with van der Waals surface area (Å²) in [6.45, 7) is 8.25. The SMILES string of the molecule is CCCNC(=O)[C@H](C)N(Cc1ccccc1Cl)C(=O)COc1cc(C)ccc1C. The van der Waals surface area contributed by atoms with Crippen LogP contribution in [0, 0.1) is 13.8 Å².